The second-order valence-electron chi connectivity index (χ2n) is 8.47. The lowest BCUT2D eigenvalue weighted by molar-refractivity contribution is 0.119. The monoisotopic (exact) mass is 377 g/mol. The van der Waals surface area contributed by atoms with Crippen LogP contribution in [0.4, 0.5) is 0 Å². The summed E-state index contributed by atoms with van der Waals surface area (Å²) < 4.78 is 26.9. The van der Waals surface area contributed by atoms with Crippen molar-refractivity contribution in [2.45, 2.75) is 57.4 Å². The van der Waals surface area contributed by atoms with Crippen LogP contribution in [-0.2, 0) is 22.0 Å². The zero-order valence-electron chi connectivity index (χ0n) is 15.9. The third kappa shape index (κ3) is 3.69. The van der Waals surface area contributed by atoms with Gasteiger partial charge in [-0.05, 0) is 49.7 Å². The average Bonchev–Trinajstić information content (AvgIpc) is 3.44. The highest BCUT2D eigenvalue weighted by Gasteiger charge is 2.45. The van der Waals surface area contributed by atoms with Gasteiger partial charge in [0.2, 0.25) is 10.0 Å². The summed E-state index contributed by atoms with van der Waals surface area (Å²) in [5, 5.41) is 0. The number of rotatable bonds is 6. The van der Waals surface area contributed by atoms with Crippen molar-refractivity contribution in [3.8, 4) is 0 Å². The number of nitrogens with zero attached hydrogens (tertiary/aromatic N) is 3. The lowest BCUT2D eigenvalue weighted by Gasteiger charge is -2.47. The molecule has 3 aliphatic rings. The Balaban J connectivity index is 1.52. The van der Waals surface area contributed by atoms with E-state index in [9.17, 15) is 8.42 Å². The Hall–Kier alpha value is -0.980. The van der Waals surface area contributed by atoms with Crippen LogP contribution >= 0.6 is 0 Å². The number of unbranched alkanes of at least 4 members (excludes halogenated alkanes) is 1. The summed E-state index contributed by atoms with van der Waals surface area (Å²) in [5.41, 5.74) is 2.61. The quantitative estimate of drug-likeness (QED) is 0.765. The van der Waals surface area contributed by atoms with Gasteiger partial charge in [-0.2, -0.15) is 0 Å². The summed E-state index contributed by atoms with van der Waals surface area (Å²) in [6, 6.07) is 4.25. The van der Waals surface area contributed by atoms with Gasteiger partial charge in [0.1, 0.15) is 0 Å². The van der Waals surface area contributed by atoms with Gasteiger partial charge in [0.25, 0.3) is 0 Å². The van der Waals surface area contributed by atoms with E-state index in [1.165, 1.54) is 30.6 Å². The second kappa shape index (κ2) is 7.21. The van der Waals surface area contributed by atoms with Crippen molar-refractivity contribution in [3.63, 3.8) is 0 Å². The van der Waals surface area contributed by atoms with Crippen molar-refractivity contribution in [2.24, 2.45) is 5.92 Å². The van der Waals surface area contributed by atoms with Crippen LogP contribution in [0.2, 0.25) is 0 Å². The maximum atomic E-state index is 12.6. The van der Waals surface area contributed by atoms with Crippen LogP contribution in [0.15, 0.2) is 18.3 Å². The number of sulfonamides is 1. The molecule has 4 rings (SSSR count). The maximum Gasteiger partial charge on any atom is 0.214 e. The van der Waals surface area contributed by atoms with E-state index in [2.05, 4.69) is 11.0 Å². The number of pyridine rings is 1. The summed E-state index contributed by atoms with van der Waals surface area (Å²) in [6.45, 7) is 6.54. The summed E-state index contributed by atoms with van der Waals surface area (Å²) in [4.78, 5) is 7.37. The number of fused-ring (bicyclic) bond motifs is 2. The summed E-state index contributed by atoms with van der Waals surface area (Å²) in [6.07, 6.45) is 8.10. The molecule has 0 N–H and O–H groups in total. The van der Waals surface area contributed by atoms with E-state index in [4.69, 9.17) is 4.98 Å². The minimum atomic E-state index is -3.10. The molecule has 1 spiro atoms. The van der Waals surface area contributed by atoms with Gasteiger partial charge in [-0.15, -0.1) is 0 Å². The molecular weight excluding hydrogens is 346 g/mol. The Kier molecular flexibility index (Phi) is 5.10. The summed E-state index contributed by atoms with van der Waals surface area (Å²) in [5.74, 6) is 1.17. The molecule has 0 bridgehead atoms. The normalized spacial score (nSPS) is 23.9. The zero-order chi connectivity index (χ0) is 18.2. The molecule has 6 heteroatoms. The number of hydrogen-bond donors (Lipinski definition) is 0. The molecule has 26 heavy (non-hydrogen) atoms. The Morgan fingerprint density at radius 3 is 2.73 bits per heavy atom. The standard InChI is InChI=1S/C20H31N3O2S/c1-2-3-13-26(24,25)23-11-8-20(9-12-23)16-22(14-17-6-7-17)15-18-5-4-10-21-19(18)20/h4-5,10,17H,2-3,6-9,11-16H2,1H3. The first-order chi connectivity index (χ1) is 12.5. The summed E-state index contributed by atoms with van der Waals surface area (Å²) in [7, 11) is -3.10. The minimum Gasteiger partial charge on any atom is -0.298 e. The fraction of sp³-hybridized carbons (Fsp3) is 0.750. The van der Waals surface area contributed by atoms with E-state index in [0.29, 0.717) is 18.8 Å². The van der Waals surface area contributed by atoms with E-state index in [1.807, 2.05) is 19.2 Å². The van der Waals surface area contributed by atoms with Crippen LogP contribution < -0.4 is 0 Å². The van der Waals surface area contributed by atoms with Crippen LogP contribution in [0.1, 0.15) is 56.7 Å². The SMILES string of the molecule is CCCCS(=O)(=O)N1CCC2(CC1)CN(CC1CC1)Cc1cccnc12. The van der Waals surface area contributed by atoms with Crippen molar-refractivity contribution >= 4 is 10.0 Å². The predicted molar refractivity (Wildman–Crippen MR) is 103 cm³/mol. The van der Waals surface area contributed by atoms with E-state index in [0.717, 1.165) is 44.7 Å². The Morgan fingerprint density at radius 2 is 2.04 bits per heavy atom. The van der Waals surface area contributed by atoms with E-state index in [-0.39, 0.29) is 5.41 Å². The highest BCUT2D eigenvalue weighted by Crippen LogP contribution is 2.42. The molecule has 0 atom stereocenters. The molecule has 1 aromatic rings. The molecule has 0 aromatic carbocycles. The Labute approximate surface area is 157 Å². The molecule has 1 saturated carbocycles. The molecule has 2 fully saturated rings. The third-order valence-electron chi connectivity index (χ3n) is 6.36. The summed E-state index contributed by atoms with van der Waals surface area (Å²) >= 11 is 0. The first kappa shape index (κ1) is 18.4. The van der Waals surface area contributed by atoms with Crippen molar-refractivity contribution in [1.29, 1.82) is 0 Å². The Bertz CT molecular complexity index is 737. The van der Waals surface area contributed by atoms with Crippen molar-refractivity contribution in [2.75, 3.05) is 31.9 Å². The molecule has 0 radical (unpaired) electrons. The van der Waals surface area contributed by atoms with Crippen LogP contribution in [0.5, 0.6) is 0 Å². The lowest BCUT2D eigenvalue weighted by Crippen LogP contribution is -2.53. The molecule has 1 aliphatic carbocycles. The molecule has 2 aliphatic heterocycles. The highest BCUT2D eigenvalue weighted by atomic mass is 32.2. The molecule has 144 valence electrons. The lowest BCUT2D eigenvalue weighted by atomic mass is 9.72. The predicted octanol–water partition coefficient (Wildman–Crippen LogP) is 2.77. The van der Waals surface area contributed by atoms with Gasteiger partial charge in [0.15, 0.2) is 0 Å². The van der Waals surface area contributed by atoms with Gasteiger partial charge in [-0.25, -0.2) is 12.7 Å². The number of piperidine rings is 1. The first-order valence-corrected chi connectivity index (χ1v) is 11.8. The van der Waals surface area contributed by atoms with E-state index in [1.54, 1.807) is 4.31 Å². The fourth-order valence-corrected chi connectivity index (χ4v) is 6.33. The van der Waals surface area contributed by atoms with Gasteiger partial charge in [0, 0.05) is 44.3 Å². The smallest absolute Gasteiger partial charge is 0.214 e. The molecule has 0 amide bonds. The average molecular weight is 378 g/mol. The van der Waals surface area contributed by atoms with Gasteiger partial charge in [-0.1, -0.05) is 19.4 Å². The third-order valence-corrected chi connectivity index (χ3v) is 8.31. The van der Waals surface area contributed by atoms with Crippen molar-refractivity contribution in [1.82, 2.24) is 14.2 Å². The molecular formula is C20H31N3O2S. The molecule has 1 aromatic heterocycles. The molecule has 0 unspecified atom stereocenters. The second-order valence-corrected chi connectivity index (χ2v) is 10.6. The molecule has 5 nitrogen and oxygen atoms in total. The largest absolute Gasteiger partial charge is 0.298 e. The van der Waals surface area contributed by atoms with Crippen LogP contribution in [0.25, 0.3) is 0 Å². The van der Waals surface area contributed by atoms with E-state index >= 15 is 0 Å². The van der Waals surface area contributed by atoms with Gasteiger partial charge < -0.3 is 0 Å². The fourth-order valence-electron chi connectivity index (χ4n) is 4.68. The van der Waals surface area contributed by atoms with E-state index < -0.39 is 10.0 Å². The minimum absolute atomic E-state index is 0.0283. The van der Waals surface area contributed by atoms with Gasteiger partial charge in [0.05, 0.1) is 11.4 Å². The van der Waals surface area contributed by atoms with Crippen molar-refractivity contribution < 1.29 is 8.42 Å². The van der Waals surface area contributed by atoms with Crippen LogP contribution in [-0.4, -0.2) is 54.5 Å². The van der Waals surface area contributed by atoms with Crippen molar-refractivity contribution in [3.05, 3.63) is 29.6 Å². The maximum absolute atomic E-state index is 12.6. The number of hydrogen-bond acceptors (Lipinski definition) is 4. The van der Waals surface area contributed by atoms with Crippen LogP contribution in [0, 0.1) is 5.92 Å². The molecule has 3 heterocycles. The van der Waals surface area contributed by atoms with Crippen LogP contribution in [0.3, 0.4) is 0 Å². The van der Waals surface area contributed by atoms with Gasteiger partial charge in [-0.3, -0.25) is 9.88 Å². The topological polar surface area (TPSA) is 53.5 Å². The highest BCUT2D eigenvalue weighted by molar-refractivity contribution is 7.89. The number of aromatic nitrogens is 1. The zero-order valence-corrected chi connectivity index (χ0v) is 16.7. The Morgan fingerprint density at radius 1 is 1.27 bits per heavy atom. The molecule has 1 saturated heterocycles. The van der Waals surface area contributed by atoms with Gasteiger partial charge >= 0.3 is 0 Å². The first-order valence-electron chi connectivity index (χ1n) is 10.2.